The van der Waals surface area contributed by atoms with Crippen molar-refractivity contribution in [2.45, 2.75) is 20.8 Å². The Labute approximate surface area is 109 Å². The lowest BCUT2D eigenvalue weighted by Gasteiger charge is -2.09. The number of hydrogen-bond donors (Lipinski definition) is 1. The van der Waals surface area contributed by atoms with Crippen molar-refractivity contribution < 1.29 is 9.18 Å². The van der Waals surface area contributed by atoms with E-state index in [0.29, 0.717) is 27.5 Å². The van der Waals surface area contributed by atoms with Crippen molar-refractivity contribution in [3.05, 3.63) is 40.8 Å². The van der Waals surface area contributed by atoms with Gasteiger partial charge in [-0.15, -0.1) is 0 Å². The van der Waals surface area contributed by atoms with Crippen molar-refractivity contribution >= 4 is 28.0 Å². The Morgan fingerprint density at radius 2 is 2.11 bits per heavy atom. The van der Waals surface area contributed by atoms with Crippen LogP contribution in [0.3, 0.4) is 0 Å². The minimum absolute atomic E-state index is 0.0437. The van der Waals surface area contributed by atoms with Crippen LogP contribution in [0, 0.1) is 19.7 Å². The predicted octanol–water partition coefficient (Wildman–Crippen LogP) is 3.85. The standard InChI is InChI=1S/C13H13FN2OS/c1-7-10(14)5-4-6-11(7)15-13-12(9(3)17)8(2)16-18-13/h4-6,15H,1-3H3. The van der Waals surface area contributed by atoms with Gasteiger partial charge in [-0.1, -0.05) is 6.07 Å². The number of halogens is 1. The van der Waals surface area contributed by atoms with E-state index >= 15 is 0 Å². The summed E-state index contributed by atoms with van der Waals surface area (Å²) in [4.78, 5) is 11.5. The molecule has 0 atom stereocenters. The van der Waals surface area contributed by atoms with Gasteiger partial charge in [0.25, 0.3) is 0 Å². The molecule has 1 heterocycles. The van der Waals surface area contributed by atoms with E-state index in [2.05, 4.69) is 9.69 Å². The maximum absolute atomic E-state index is 13.4. The third kappa shape index (κ3) is 2.26. The maximum atomic E-state index is 13.4. The molecule has 1 aromatic heterocycles. The van der Waals surface area contributed by atoms with Crippen molar-refractivity contribution in [1.82, 2.24) is 4.37 Å². The number of carbonyl (C=O) groups is 1. The molecule has 5 heteroatoms. The van der Waals surface area contributed by atoms with Crippen LogP contribution in [-0.2, 0) is 0 Å². The molecule has 0 saturated carbocycles. The first-order chi connectivity index (χ1) is 8.50. The zero-order valence-electron chi connectivity index (χ0n) is 10.4. The van der Waals surface area contributed by atoms with E-state index in [1.54, 1.807) is 26.0 Å². The predicted molar refractivity (Wildman–Crippen MR) is 71.3 cm³/mol. The Morgan fingerprint density at radius 3 is 2.78 bits per heavy atom. The smallest absolute Gasteiger partial charge is 0.164 e. The molecule has 0 aliphatic heterocycles. The molecule has 0 radical (unpaired) electrons. The van der Waals surface area contributed by atoms with Gasteiger partial charge in [0.15, 0.2) is 5.78 Å². The molecule has 3 nitrogen and oxygen atoms in total. The van der Waals surface area contributed by atoms with E-state index in [0.717, 1.165) is 0 Å². The average molecular weight is 264 g/mol. The van der Waals surface area contributed by atoms with Crippen LogP contribution in [-0.4, -0.2) is 10.2 Å². The van der Waals surface area contributed by atoms with Crippen LogP contribution < -0.4 is 5.32 Å². The number of anilines is 2. The van der Waals surface area contributed by atoms with Crippen LogP contribution in [0.15, 0.2) is 18.2 Å². The highest BCUT2D eigenvalue weighted by Crippen LogP contribution is 2.30. The van der Waals surface area contributed by atoms with E-state index in [9.17, 15) is 9.18 Å². The summed E-state index contributed by atoms with van der Waals surface area (Å²) >= 11 is 1.21. The first-order valence-corrected chi connectivity index (χ1v) is 6.27. The number of rotatable bonds is 3. The quantitative estimate of drug-likeness (QED) is 0.856. The van der Waals surface area contributed by atoms with Gasteiger partial charge in [-0.05, 0) is 44.4 Å². The summed E-state index contributed by atoms with van der Waals surface area (Å²) in [6.45, 7) is 4.98. The third-order valence-corrected chi connectivity index (χ3v) is 3.58. The summed E-state index contributed by atoms with van der Waals surface area (Å²) in [5.41, 5.74) is 2.45. The van der Waals surface area contributed by atoms with Gasteiger partial charge in [0, 0.05) is 11.3 Å². The van der Waals surface area contributed by atoms with Crippen molar-refractivity contribution in [3.63, 3.8) is 0 Å². The molecular formula is C13H13FN2OS. The van der Waals surface area contributed by atoms with Crippen LogP contribution in [0.25, 0.3) is 0 Å². The molecule has 18 heavy (non-hydrogen) atoms. The zero-order valence-corrected chi connectivity index (χ0v) is 11.2. The highest BCUT2D eigenvalue weighted by atomic mass is 32.1. The van der Waals surface area contributed by atoms with Crippen molar-refractivity contribution in [1.29, 1.82) is 0 Å². The van der Waals surface area contributed by atoms with E-state index in [-0.39, 0.29) is 11.6 Å². The Hall–Kier alpha value is -1.75. The number of aryl methyl sites for hydroxylation is 1. The van der Waals surface area contributed by atoms with Crippen LogP contribution in [0.2, 0.25) is 0 Å². The fourth-order valence-corrected chi connectivity index (χ4v) is 2.59. The minimum Gasteiger partial charge on any atom is -0.345 e. The molecule has 0 unspecified atom stereocenters. The molecule has 0 aliphatic carbocycles. The van der Waals surface area contributed by atoms with Crippen LogP contribution in [0.4, 0.5) is 15.1 Å². The highest BCUT2D eigenvalue weighted by Gasteiger charge is 2.15. The highest BCUT2D eigenvalue weighted by molar-refractivity contribution is 7.10. The maximum Gasteiger partial charge on any atom is 0.164 e. The summed E-state index contributed by atoms with van der Waals surface area (Å²) in [5.74, 6) is -0.316. The number of carbonyl (C=O) groups excluding carboxylic acids is 1. The first-order valence-electron chi connectivity index (χ1n) is 5.50. The molecule has 0 aliphatic rings. The summed E-state index contributed by atoms with van der Waals surface area (Å²) in [7, 11) is 0. The van der Waals surface area contributed by atoms with E-state index in [4.69, 9.17) is 0 Å². The normalized spacial score (nSPS) is 10.4. The zero-order chi connectivity index (χ0) is 13.3. The van der Waals surface area contributed by atoms with E-state index < -0.39 is 0 Å². The minimum atomic E-state index is -0.273. The van der Waals surface area contributed by atoms with Crippen LogP contribution in [0.5, 0.6) is 0 Å². The Kier molecular flexibility index (Phi) is 3.43. The number of Topliss-reactive ketones (excluding diaryl/α,β-unsaturated/α-hetero) is 1. The number of hydrogen-bond acceptors (Lipinski definition) is 4. The van der Waals surface area contributed by atoms with Crippen LogP contribution >= 0.6 is 11.5 Å². The molecule has 0 saturated heterocycles. The number of aromatic nitrogens is 1. The van der Waals surface area contributed by atoms with E-state index in [1.807, 2.05) is 0 Å². The summed E-state index contributed by atoms with van der Waals surface area (Å²) in [6, 6.07) is 4.81. The van der Waals surface area contributed by atoms with Gasteiger partial charge in [-0.3, -0.25) is 4.79 Å². The second kappa shape index (κ2) is 4.86. The Balaban J connectivity index is 2.41. The molecule has 2 rings (SSSR count). The fraction of sp³-hybridized carbons (Fsp3) is 0.231. The molecule has 1 N–H and O–H groups in total. The Morgan fingerprint density at radius 1 is 1.39 bits per heavy atom. The van der Waals surface area contributed by atoms with Crippen molar-refractivity contribution in [2.24, 2.45) is 0 Å². The van der Waals surface area contributed by atoms with Crippen molar-refractivity contribution in [3.8, 4) is 0 Å². The van der Waals surface area contributed by atoms with Gasteiger partial charge in [-0.25, -0.2) is 4.39 Å². The SMILES string of the molecule is CC(=O)c1c(C)nsc1Nc1cccc(F)c1C. The van der Waals surface area contributed by atoms with Gasteiger partial charge in [0.05, 0.1) is 11.3 Å². The number of benzene rings is 1. The second-order valence-corrected chi connectivity index (χ2v) is 4.84. The number of ketones is 1. The number of nitrogens with zero attached hydrogens (tertiary/aromatic N) is 1. The number of nitrogens with one attached hydrogen (secondary N) is 1. The summed E-state index contributed by atoms with van der Waals surface area (Å²) in [6.07, 6.45) is 0. The molecule has 0 amide bonds. The molecule has 94 valence electrons. The molecule has 0 spiro atoms. The van der Waals surface area contributed by atoms with Crippen molar-refractivity contribution in [2.75, 3.05) is 5.32 Å². The molecular weight excluding hydrogens is 251 g/mol. The van der Waals surface area contributed by atoms with Gasteiger partial charge in [0.1, 0.15) is 10.8 Å². The van der Waals surface area contributed by atoms with Gasteiger partial charge in [-0.2, -0.15) is 4.37 Å². The summed E-state index contributed by atoms with van der Waals surface area (Å²) in [5, 5.41) is 3.74. The molecule has 2 aromatic rings. The van der Waals surface area contributed by atoms with Gasteiger partial charge >= 0.3 is 0 Å². The fourth-order valence-electron chi connectivity index (χ4n) is 1.73. The van der Waals surface area contributed by atoms with Gasteiger partial charge in [0.2, 0.25) is 0 Å². The topological polar surface area (TPSA) is 42.0 Å². The third-order valence-electron chi connectivity index (χ3n) is 2.73. The van der Waals surface area contributed by atoms with E-state index in [1.165, 1.54) is 24.5 Å². The lowest BCUT2D eigenvalue weighted by atomic mass is 10.1. The average Bonchev–Trinajstić information content (AvgIpc) is 2.66. The lowest BCUT2D eigenvalue weighted by molar-refractivity contribution is 0.101. The molecule has 0 fully saturated rings. The largest absolute Gasteiger partial charge is 0.345 e. The Bertz CT molecular complexity index is 607. The monoisotopic (exact) mass is 264 g/mol. The molecule has 1 aromatic carbocycles. The van der Waals surface area contributed by atoms with Crippen LogP contribution in [0.1, 0.15) is 28.5 Å². The molecule has 0 bridgehead atoms. The summed E-state index contributed by atoms with van der Waals surface area (Å²) < 4.78 is 17.6. The second-order valence-electron chi connectivity index (χ2n) is 4.07. The first kappa shape index (κ1) is 12.7. The lowest BCUT2D eigenvalue weighted by Crippen LogP contribution is -2.00. The van der Waals surface area contributed by atoms with Gasteiger partial charge < -0.3 is 5.32 Å².